The molecule has 0 spiro atoms. The van der Waals surface area contributed by atoms with Crippen LogP contribution in [0.3, 0.4) is 0 Å². The van der Waals surface area contributed by atoms with Gasteiger partial charge in [0.1, 0.15) is 20.6 Å². The van der Waals surface area contributed by atoms with E-state index in [-0.39, 0.29) is 16.5 Å². The van der Waals surface area contributed by atoms with Crippen LogP contribution in [0.1, 0.15) is 13.8 Å². The van der Waals surface area contributed by atoms with Crippen molar-refractivity contribution in [2.24, 2.45) is 0 Å². The van der Waals surface area contributed by atoms with Crippen LogP contribution in [0, 0.1) is 0 Å². The maximum Gasteiger partial charge on any atom is 0.244 e. The summed E-state index contributed by atoms with van der Waals surface area (Å²) < 4.78 is 50.0. The van der Waals surface area contributed by atoms with Crippen LogP contribution in [0.5, 0.6) is 0 Å². The lowest BCUT2D eigenvalue weighted by Gasteiger charge is -2.15. The molecule has 0 saturated heterocycles. The predicted molar refractivity (Wildman–Crippen MR) is 85.6 cm³/mol. The first-order chi connectivity index (χ1) is 9.55. The third-order valence-electron chi connectivity index (χ3n) is 2.36. The Morgan fingerprint density at radius 2 is 1.95 bits per heavy atom. The molecule has 0 amide bonds. The van der Waals surface area contributed by atoms with Crippen molar-refractivity contribution in [3.63, 3.8) is 0 Å². The monoisotopic (exact) mass is 399 g/mol. The Morgan fingerprint density at radius 3 is 2.48 bits per heavy atom. The maximum atomic E-state index is 12.4. The number of aromatic nitrogens is 1. The van der Waals surface area contributed by atoms with Crippen LogP contribution in [-0.2, 0) is 19.9 Å². The van der Waals surface area contributed by atoms with Crippen molar-refractivity contribution in [2.45, 2.75) is 24.8 Å². The van der Waals surface area contributed by atoms with Crippen LogP contribution in [0.4, 0.5) is 5.82 Å². The summed E-state index contributed by atoms with van der Waals surface area (Å²) in [5.41, 5.74) is 0. The molecule has 1 aromatic rings. The standard InChI is InChI=1S/C11H18BrN3O4S2/c1-4-13-11-10(5-9(12)6-14-11)21(18,19)15-8(2)7-20(3,16)17/h5-6,8,15H,4,7H2,1-3H3,(H,13,14). The summed E-state index contributed by atoms with van der Waals surface area (Å²) in [5, 5.41) is 2.86. The first-order valence-corrected chi connectivity index (χ1v) is 10.5. The van der Waals surface area contributed by atoms with E-state index < -0.39 is 25.9 Å². The molecular formula is C11H18BrN3O4S2. The van der Waals surface area contributed by atoms with Gasteiger partial charge in [0, 0.05) is 29.5 Å². The van der Waals surface area contributed by atoms with Gasteiger partial charge in [0.05, 0.1) is 5.75 Å². The summed E-state index contributed by atoms with van der Waals surface area (Å²) in [6.45, 7) is 3.83. The first kappa shape index (κ1) is 18.3. The van der Waals surface area contributed by atoms with E-state index in [2.05, 4.69) is 31.0 Å². The Hall–Kier alpha value is -0.710. The summed E-state index contributed by atoms with van der Waals surface area (Å²) in [5.74, 6) is -0.0516. The number of anilines is 1. The lowest BCUT2D eigenvalue weighted by molar-refractivity contribution is 0.564. The summed E-state index contributed by atoms with van der Waals surface area (Å²) in [6, 6.07) is 0.680. The Bertz CT molecular complexity index is 704. The van der Waals surface area contributed by atoms with E-state index in [1.807, 2.05) is 6.92 Å². The first-order valence-electron chi connectivity index (χ1n) is 6.14. The topological polar surface area (TPSA) is 105 Å². The number of hydrogen-bond acceptors (Lipinski definition) is 6. The highest BCUT2D eigenvalue weighted by Gasteiger charge is 2.23. The average molecular weight is 400 g/mol. The minimum absolute atomic E-state index is 0.0286. The molecule has 1 unspecified atom stereocenters. The molecule has 0 bridgehead atoms. The Labute approximate surface area is 133 Å². The fourth-order valence-electron chi connectivity index (χ4n) is 1.74. The van der Waals surface area contributed by atoms with Crippen LogP contribution in [0.2, 0.25) is 0 Å². The molecule has 1 atom stereocenters. The van der Waals surface area contributed by atoms with Gasteiger partial charge in [-0.15, -0.1) is 0 Å². The molecule has 0 saturated carbocycles. The number of pyridine rings is 1. The highest BCUT2D eigenvalue weighted by atomic mass is 79.9. The van der Waals surface area contributed by atoms with E-state index in [4.69, 9.17) is 0 Å². The van der Waals surface area contributed by atoms with E-state index >= 15 is 0 Å². The molecule has 7 nitrogen and oxygen atoms in total. The molecule has 1 heterocycles. The number of sulfone groups is 1. The SMILES string of the molecule is CCNc1ncc(Br)cc1S(=O)(=O)NC(C)CS(C)(=O)=O. The average Bonchev–Trinajstić information content (AvgIpc) is 2.28. The fraction of sp³-hybridized carbons (Fsp3) is 0.545. The smallest absolute Gasteiger partial charge is 0.244 e. The van der Waals surface area contributed by atoms with Crippen molar-refractivity contribution in [3.8, 4) is 0 Å². The minimum Gasteiger partial charge on any atom is -0.369 e. The van der Waals surface area contributed by atoms with Crippen LogP contribution in [0.25, 0.3) is 0 Å². The van der Waals surface area contributed by atoms with E-state index in [0.717, 1.165) is 6.26 Å². The van der Waals surface area contributed by atoms with Gasteiger partial charge in [-0.2, -0.15) is 0 Å². The molecule has 0 fully saturated rings. The molecule has 2 N–H and O–H groups in total. The predicted octanol–water partition coefficient (Wildman–Crippen LogP) is 0.987. The molecule has 1 rings (SSSR count). The van der Waals surface area contributed by atoms with Crippen molar-refractivity contribution >= 4 is 41.6 Å². The van der Waals surface area contributed by atoms with Crippen molar-refractivity contribution in [1.29, 1.82) is 0 Å². The van der Waals surface area contributed by atoms with E-state index in [1.54, 1.807) is 0 Å². The van der Waals surface area contributed by atoms with E-state index in [0.29, 0.717) is 11.0 Å². The molecule has 10 heteroatoms. The molecule has 0 aromatic carbocycles. The van der Waals surface area contributed by atoms with Gasteiger partial charge in [-0.1, -0.05) is 0 Å². The molecular weight excluding hydrogens is 382 g/mol. The molecule has 0 radical (unpaired) electrons. The Morgan fingerprint density at radius 1 is 1.33 bits per heavy atom. The number of halogens is 1. The van der Waals surface area contributed by atoms with Gasteiger partial charge in [-0.3, -0.25) is 0 Å². The third kappa shape index (κ3) is 5.89. The van der Waals surface area contributed by atoms with Crippen LogP contribution < -0.4 is 10.0 Å². The van der Waals surface area contributed by atoms with Crippen LogP contribution in [-0.4, -0.2) is 46.4 Å². The third-order valence-corrected chi connectivity index (χ3v) is 5.50. The van der Waals surface area contributed by atoms with Gasteiger partial charge in [-0.05, 0) is 35.8 Å². The second kappa shape index (κ2) is 7.03. The van der Waals surface area contributed by atoms with Gasteiger partial charge in [0.25, 0.3) is 0 Å². The summed E-state index contributed by atoms with van der Waals surface area (Å²) >= 11 is 3.18. The fourth-order valence-corrected chi connectivity index (χ4v) is 4.72. The summed E-state index contributed by atoms with van der Waals surface area (Å²) in [6.07, 6.45) is 2.54. The van der Waals surface area contributed by atoms with Crippen molar-refractivity contribution in [2.75, 3.05) is 23.9 Å². The number of nitrogens with zero attached hydrogens (tertiary/aromatic N) is 1. The molecule has 120 valence electrons. The second-order valence-corrected chi connectivity index (χ2v) is 9.43. The van der Waals surface area contributed by atoms with Gasteiger partial charge >= 0.3 is 0 Å². The Kier molecular flexibility index (Phi) is 6.14. The quantitative estimate of drug-likeness (QED) is 0.707. The van der Waals surface area contributed by atoms with Gasteiger partial charge in [0.2, 0.25) is 10.0 Å². The van der Waals surface area contributed by atoms with Crippen molar-refractivity contribution in [3.05, 3.63) is 16.7 Å². The molecule has 0 aliphatic heterocycles. The maximum absolute atomic E-state index is 12.4. The number of sulfonamides is 1. The summed E-state index contributed by atoms with van der Waals surface area (Å²) in [4.78, 5) is 3.99. The molecule has 1 aromatic heterocycles. The zero-order valence-corrected chi connectivity index (χ0v) is 15.1. The van der Waals surface area contributed by atoms with Crippen LogP contribution >= 0.6 is 15.9 Å². The van der Waals surface area contributed by atoms with Gasteiger partial charge in [-0.25, -0.2) is 26.5 Å². The van der Waals surface area contributed by atoms with Crippen molar-refractivity contribution in [1.82, 2.24) is 9.71 Å². The highest BCUT2D eigenvalue weighted by Crippen LogP contribution is 2.23. The molecule has 21 heavy (non-hydrogen) atoms. The largest absolute Gasteiger partial charge is 0.369 e. The normalized spacial score (nSPS) is 13.9. The van der Waals surface area contributed by atoms with Crippen LogP contribution in [0.15, 0.2) is 21.6 Å². The Balaban J connectivity index is 3.10. The highest BCUT2D eigenvalue weighted by molar-refractivity contribution is 9.10. The lowest BCUT2D eigenvalue weighted by Crippen LogP contribution is -2.37. The van der Waals surface area contributed by atoms with E-state index in [9.17, 15) is 16.8 Å². The van der Waals surface area contributed by atoms with E-state index in [1.165, 1.54) is 19.2 Å². The molecule has 0 aliphatic carbocycles. The van der Waals surface area contributed by atoms with Crippen molar-refractivity contribution < 1.29 is 16.8 Å². The lowest BCUT2D eigenvalue weighted by atomic mass is 10.4. The number of rotatable bonds is 7. The zero-order valence-electron chi connectivity index (χ0n) is 11.9. The van der Waals surface area contributed by atoms with Gasteiger partial charge in [0.15, 0.2) is 0 Å². The number of nitrogens with one attached hydrogen (secondary N) is 2. The minimum atomic E-state index is -3.88. The zero-order chi connectivity index (χ0) is 16.3. The van der Waals surface area contributed by atoms with Gasteiger partial charge < -0.3 is 5.32 Å². The summed E-state index contributed by atoms with van der Waals surface area (Å²) in [7, 11) is -7.15. The molecule has 0 aliphatic rings. The number of hydrogen-bond donors (Lipinski definition) is 2. The second-order valence-electron chi connectivity index (χ2n) is 4.65.